The number of nitrogens with one attached hydrogen (secondary N) is 5. The Labute approximate surface area is 192 Å². The molecule has 32 heavy (non-hydrogen) atoms. The van der Waals surface area contributed by atoms with E-state index in [2.05, 4.69) is 31.0 Å². The van der Waals surface area contributed by atoms with Crippen molar-refractivity contribution in [1.82, 2.24) is 36.0 Å². The van der Waals surface area contributed by atoms with E-state index in [0.717, 1.165) is 32.5 Å². The quantitative estimate of drug-likeness (QED) is 0.211. The summed E-state index contributed by atoms with van der Waals surface area (Å²) in [6, 6.07) is 0.189. The van der Waals surface area contributed by atoms with Crippen LogP contribution in [0.4, 0.5) is 0 Å². The molecule has 0 aromatic carbocycles. The zero-order chi connectivity index (χ0) is 22.7. The summed E-state index contributed by atoms with van der Waals surface area (Å²) in [5.74, 6) is 0.308. The fraction of sp³-hybridized carbons (Fsp3) is 1.00. The molecule has 0 radical (unpaired) electrons. The average molecular weight is 475 g/mol. The zero-order valence-electron chi connectivity index (χ0n) is 19.4. The van der Waals surface area contributed by atoms with Crippen LogP contribution in [-0.2, 0) is 14.8 Å². The van der Waals surface area contributed by atoms with Crippen molar-refractivity contribution in [2.45, 2.75) is 61.5 Å². The number of nitrogens with two attached hydrogens (primary N) is 1. The molecule has 4 heterocycles. The SMILES string of the molecule is COC1NCC2CNN(C)C2C1NS(=O)(=O)C(CN)CNC1CC(N2CCCC2)CCN1. The Kier molecular flexibility index (Phi) is 8.41. The second kappa shape index (κ2) is 10.9. The number of rotatable bonds is 9. The van der Waals surface area contributed by atoms with Crippen LogP contribution in [0.15, 0.2) is 0 Å². The number of likely N-dealkylation sites (N-methyl/N-ethyl adjacent to an activating group) is 1. The maximum atomic E-state index is 13.4. The fourth-order valence-electron chi connectivity index (χ4n) is 5.84. The van der Waals surface area contributed by atoms with Gasteiger partial charge in [-0.05, 0) is 45.3 Å². The average Bonchev–Trinajstić information content (AvgIpc) is 3.45. The number of sulfonamides is 1. The van der Waals surface area contributed by atoms with Gasteiger partial charge in [-0.3, -0.25) is 10.7 Å². The van der Waals surface area contributed by atoms with Crippen molar-refractivity contribution in [2.75, 3.05) is 60.0 Å². The summed E-state index contributed by atoms with van der Waals surface area (Å²) in [5, 5.41) is 11.6. The summed E-state index contributed by atoms with van der Waals surface area (Å²) in [4.78, 5) is 2.58. The molecule has 0 aromatic heterocycles. The van der Waals surface area contributed by atoms with Crippen LogP contribution >= 0.6 is 0 Å². The second-order valence-electron chi connectivity index (χ2n) is 9.67. The molecule has 0 bridgehead atoms. The Morgan fingerprint density at radius 2 is 2.00 bits per heavy atom. The lowest BCUT2D eigenvalue weighted by atomic mass is 9.90. The molecule has 4 aliphatic rings. The molecule has 4 fully saturated rings. The van der Waals surface area contributed by atoms with E-state index in [-0.39, 0.29) is 25.0 Å². The van der Waals surface area contributed by atoms with E-state index in [9.17, 15) is 8.42 Å². The number of ether oxygens (including phenoxy) is 1. The molecular weight excluding hydrogens is 432 g/mol. The highest BCUT2D eigenvalue weighted by atomic mass is 32.2. The normalized spacial score (nSPS) is 38.1. The third kappa shape index (κ3) is 5.45. The monoisotopic (exact) mass is 474 g/mol. The standard InChI is InChI=1S/C20H42N8O3S/c1-27-19-14(12-25-27)11-24-20(31-2)18(19)26-32(29,30)16(10-21)13-23-17-9-15(5-6-22-17)28-7-3-4-8-28/h14-20,22-26H,3-13,21H2,1-2H3. The van der Waals surface area contributed by atoms with Crippen LogP contribution in [-0.4, -0.2) is 114 Å². The zero-order valence-corrected chi connectivity index (χ0v) is 20.2. The van der Waals surface area contributed by atoms with Crippen molar-refractivity contribution < 1.29 is 13.2 Å². The largest absolute Gasteiger partial charge is 0.365 e. The Hall–Kier alpha value is -0.410. The first kappa shape index (κ1) is 24.7. The van der Waals surface area contributed by atoms with Crippen molar-refractivity contribution in [1.29, 1.82) is 0 Å². The van der Waals surface area contributed by atoms with Gasteiger partial charge in [-0.15, -0.1) is 0 Å². The van der Waals surface area contributed by atoms with Gasteiger partial charge in [0.15, 0.2) is 0 Å². The van der Waals surface area contributed by atoms with Gasteiger partial charge in [0.1, 0.15) is 11.5 Å². The van der Waals surface area contributed by atoms with Crippen molar-refractivity contribution in [3.05, 3.63) is 0 Å². The molecule has 4 rings (SSSR count). The van der Waals surface area contributed by atoms with Gasteiger partial charge in [-0.2, -0.15) is 0 Å². The molecule has 0 aromatic rings. The molecule has 12 heteroatoms. The molecule has 0 spiro atoms. The minimum absolute atomic E-state index is 0.0172. The summed E-state index contributed by atoms with van der Waals surface area (Å²) in [6.45, 7) is 5.29. The molecule has 0 saturated carbocycles. The predicted octanol–water partition coefficient (Wildman–Crippen LogP) is -2.62. The van der Waals surface area contributed by atoms with Crippen molar-refractivity contribution in [2.24, 2.45) is 11.7 Å². The number of likely N-dealkylation sites (tertiary alicyclic amines) is 1. The van der Waals surface area contributed by atoms with Gasteiger partial charge in [0.05, 0.1) is 12.2 Å². The first-order chi connectivity index (χ1) is 15.4. The number of methoxy groups -OCH3 is 1. The number of nitrogens with zero attached hydrogens (tertiary/aromatic N) is 2. The van der Waals surface area contributed by atoms with Crippen LogP contribution in [0, 0.1) is 5.92 Å². The molecule has 11 nitrogen and oxygen atoms in total. The predicted molar refractivity (Wildman–Crippen MR) is 124 cm³/mol. The maximum absolute atomic E-state index is 13.4. The minimum Gasteiger partial charge on any atom is -0.365 e. The topological polar surface area (TPSA) is 136 Å². The number of fused-ring (bicyclic) bond motifs is 1. The minimum atomic E-state index is -3.66. The van der Waals surface area contributed by atoms with Gasteiger partial charge < -0.3 is 26.0 Å². The molecule has 0 aliphatic carbocycles. The van der Waals surface area contributed by atoms with E-state index >= 15 is 0 Å². The van der Waals surface area contributed by atoms with E-state index in [4.69, 9.17) is 10.5 Å². The lowest BCUT2D eigenvalue weighted by molar-refractivity contribution is -0.0106. The van der Waals surface area contributed by atoms with Gasteiger partial charge >= 0.3 is 0 Å². The van der Waals surface area contributed by atoms with Crippen LogP contribution in [0.2, 0.25) is 0 Å². The van der Waals surface area contributed by atoms with Gasteiger partial charge in [0.2, 0.25) is 10.0 Å². The van der Waals surface area contributed by atoms with Gasteiger partial charge in [0.25, 0.3) is 0 Å². The highest BCUT2D eigenvalue weighted by Crippen LogP contribution is 2.25. The number of hydrazine groups is 1. The van der Waals surface area contributed by atoms with E-state index in [0.29, 0.717) is 18.5 Å². The van der Waals surface area contributed by atoms with E-state index in [1.165, 1.54) is 25.9 Å². The first-order valence-electron chi connectivity index (χ1n) is 12.1. The number of hydrogen-bond acceptors (Lipinski definition) is 10. The number of piperidine rings is 2. The van der Waals surface area contributed by atoms with Crippen LogP contribution in [0.25, 0.3) is 0 Å². The third-order valence-electron chi connectivity index (χ3n) is 7.69. The van der Waals surface area contributed by atoms with Crippen LogP contribution in [0.5, 0.6) is 0 Å². The summed E-state index contributed by atoms with van der Waals surface area (Å²) >= 11 is 0. The van der Waals surface area contributed by atoms with Gasteiger partial charge in [0, 0.05) is 58.3 Å². The molecule has 7 atom stereocenters. The van der Waals surface area contributed by atoms with Crippen molar-refractivity contribution in [3.8, 4) is 0 Å². The molecule has 0 amide bonds. The molecule has 4 saturated heterocycles. The van der Waals surface area contributed by atoms with E-state index in [1.807, 2.05) is 12.1 Å². The van der Waals surface area contributed by atoms with Crippen LogP contribution < -0.4 is 31.8 Å². The fourth-order valence-corrected chi connectivity index (χ4v) is 7.24. The molecule has 7 N–H and O–H groups in total. The summed E-state index contributed by atoms with van der Waals surface area (Å²) in [6.07, 6.45) is 4.43. The maximum Gasteiger partial charge on any atom is 0.217 e. The summed E-state index contributed by atoms with van der Waals surface area (Å²) in [5.41, 5.74) is 9.26. The van der Waals surface area contributed by atoms with E-state index < -0.39 is 21.3 Å². The third-order valence-corrected chi connectivity index (χ3v) is 9.53. The van der Waals surface area contributed by atoms with Gasteiger partial charge in [-0.25, -0.2) is 18.1 Å². The lowest BCUT2D eigenvalue weighted by Gasteiger charge is -2.42. The Morgan fingerprint density at radius 1 is 1.22 bits per heavy atom. The molecule has 7 unspecified atom stereocenters. The summed E-state index contributed by atoms with van der Waals surface area (Å²) in [7, 11) is -0.0951. The van der Waals surface area contributed by atoms with Gasteiger partial charge in [-0.1, -0.05) is 0 Å². The van der Waals surface area contributed by atoms with Crippen LogP contribution in [0.3, 0.4) is 0 Å². The first-order valence-corrected chi connectivity index (χ1v) is 13.6. The van der Waals surface area contributed by atoms with E-state index in [1.54, 1.807) is 7.11 Å². The molecule has 4 aliphatic heterocycles. The highest BCUT2D eigenvalue weighted by molar-refractivity contribution is 7.90. The highest BCUT2D eigenvalue weighted by Gasteiger charge is 2.47. The Bertz CT molecular complexity index is 707. The Balaban J connectivity index is 1.36. The second-order valence-corrected chi connectivity index (χ2v) is 11.7. The Morgan fingerprint density at radius 3 is 2.72 bits per heavy atom. The van der Waals surface area contributed by atoms with Crippen LogP contribution in [0.1, 0.15) is 25.7 Å². The van der Waals surface area contributed by atoms with Crippen molar-refractivity contribution >= 4 is 10.0 Å². The summed E-state index contributed by atoms with van der Waals surface area (Å²) < 4.78 is 35.2. The molecular formula is C20H42N8O3S. The van der Waals surface area contributed by atoms with Crippen molar-refractivity contribution in [3.63, 3.8) is 0 Å². The smallest absolute Gasteiger partial charge is 0.217 e. The molecule has 186 valence electrons. The number of hydrogen-bond donors (Lipinski definition) is 6. The lowest BCUT2D eigenvalue weighted by Crippen LogP contribution is -2.67.